The molecule has 2 saturated carbocycles. The van der Waals surface area contributed by atoms with E-state index in [0.717, 1.165) is 13.0 Å². The largest absolute Gasteiger partial charge is 0.392 e. The molecule has 0 heterocycles. The molecule has 19 heavy (non-hydrogen) atoms. The van der Waals surface area contributed by atoms with Crippen molar-refractivity contribution in [3.8, 4) is 0 Å². The minimum Gasteiger partial charge on any atom is -0.392 e. The summed E-state index contributed by atoms with van der Waals surface area (Å²) in [6.07, 6.45) is 2.08. The zero-order valence-corrected chi connectivity index (χ0v) is 12.9. The van der Waals surface area contributed by atoms with Crippen molar-refractivity contribution in [2.24, 2.45) is 22.7 Å². The van der Waals surface area contributed by atoms with E-state index in [4.69, 9.17) is 0 Å². The Morgan fingerprint density at radius 1 is 1.37 bits per heavy atom. The second kappa shape index (κ2) is 4.74. The van der Waals surface area contributed by atoms with Crippen LogP contribution in [0.25, 0.3) is 0 Å². The average molecular weight is 268 g/mol. The van der Waals surface area contributed by atoms with E-state index in [1.54, 1.807) is 19.0 Å². The number of carbonyl (C=O) groups is 1. The molecular formula is C15H28N2O2. The highest BCUT2D eigenvalue weighted by atomic mass is 16.3. The van der Waals surface area contributed by atoms with Gasteiger partial charge in [0, 0.05) is 26.6 Å². The second-order valence-electron chi connectivity index (χ2n) is 7.31. The van der Waals surface area contributed by atoms with Crippen LogP contribution in [0.3, 0.4) is 0 Å². The zero-order valence-electron chi connectivity index (χ0n) is 12.9. The van der Waals surface area contributed by atoms with Crippen LogP contribution >= 0.6 is 0 Å². The van der Waals surface area contributed by atoms with Gasteiger partial charge in [-0.05, 0) is 29.6 Å². The third kappa shape index (κ3) is 2.09. The molecule has 2 aliphatic rings. The first-order valence-electron chi connectivity index (χ1n) is 7.31. The van der Waals surface area contributed by atoms with Gasteiger partial charge in [-0.25, -0.2) is 0 Å². The minimum atomic E-state index is -0.247. The van der Waals surface area contributed by atoms with Crippen molar-refractivity contribution in [3.63, 3.8) is 0 Å². The maximum absolute atomic E-state index is 11.5. The van der Waals surface area contributed by atoms with Crippen LogP contribution in [0.1, 0.15) is 33.6 Å². The summed E-state index contributed by atoms with van der Waals surface area (Å²) in [5.41, 5.74) is 0.236. The van der Waals surface area contributed by atoms with Crippen molar-refractivity contribution in [1.29, 1.82) is 0 Å². The summed E-state index contributed by atoms with van der Waals surface area (Å²) in [5.74, 6) is 0.932. The van der Waals surface area contributed by atoms with Gasteiger partial charge >= 0.3 is 0 Å². The first kappa shape index (κ1) is 14.8. The molecule has 0 aliphatic heterocycles. The number of fused-ring (bicyclic) bond motifs is 2. The molecule has 2 rings (SSSR count). The lowest BCUT2D eigenvalue weighted by atomic mass is 9.70. The number of rotatable bonds is 4. The number of hydrogen-bond donors (Lipinski definition) is 2. The van der Waals surface area contributed by atoms with E-state index in [0.29, 0.717) is 12.5 Å². The highest BCUT2D eigenvalue weighted by Gasteiger charge is 2.65. The summed E-state index contributed by atoms with van der Waals surface area (Å²) >= 11 is 0. The fourth-order valence-corrected chi connectivity index (χ4v) is 4.29. The molecule has 0 aromatic carbocycles. The predicted molar refractivity (Wildman–Crippen MR) is 75.7 cm³/mol. The van der Waals surface area contributed by atoms with Crippen molar-refractivity contribution in [3.05, 3.63) is 0 Å². The van der Waals surface area contributed by atoms with E-state index < -0.39 is 0 Å². The number of carbonyl (C=O) groups excluding carboxylic acids is 1. The molecule has 0 radical (unpaired) electrons. The maximum Gasteiger partial charge on any atom is 0.236 e. The van der Waals surface area contributed by atoms with Gasteiger partial charge < -0.3 is 15.3 Å². The average Bonchev–Trinajstić information content (AvgIpc) is 2.63. The van der Waals surface area contributed by atoms with E-state index in [1.165, 1.54) is 6.42 Å². The van der Waals surface area contributed by atoms with Gasteiger partial charge in [0.2, 0.25) is 5.91 Å². The Kier molecular flexibility index (Phi) is 3.69. The van der Waals surface area contributed by atoms with E-state index in [2.05, 4.69) is 26.1 Å². The number of aliphatic hydroxyl groups is 1. The lowest BCUT2D eigenvalue weighted by Gasteiger charge is -2.37. The molecule has 2 fully saturated rings. The molecule has 2 N–H and O–H groups in total. The summed E-state index contributed by atoms with van der Waals surface area (Å²) in [5, 5.41) is 13.8. The first-order valence-corrected chi connectivity index (χ1v) is 7.31. The van der Waals surface area contributed by atoms with Crippen LogP contribution in [0.2, 0.25) is 0 Å². The summed E-state index contributed by atoms with van der Waals surface area (Å²) in [6, 6.07) is 0. The fraction of sp³-hybridized carbons (Fsp3) is 0.933. The van der Waals surface area contributed by atoms with Crippen LogP contribution in [0.4, 0.5) is 0 Å². The molecular weight excluding hydrogens is 240 g/mol. The molecule has 0 spiro atoms. The normalized spacial score (nSPS) is 39.6. The molecule has 4 nitrogen and oxygen atoms in total. The van der Waals surface area contributed by atoms with E-state index in [1.807, 2.05) is 0 Å². The number of likely N-dealkylation sites (N-methyl/N-ethyl adjacent to an activating group) is 1. The third-order valence-corrected chi connectivity index (χ3v) is 6.10. The Balaban J connectivity index is 1.95. The minimum absolute atomic E-state index is 0.0373. The molecule has 4 atom stereocenters. The summed E-state index contributed by atoms with van der Waals surface area (Å²) in [6.45, 7) is 7.91. The van der Waals surface area contributed by atoms with Gasteiger partial charge in [0.15, 0.2) is 0 Å². The molecule has 1 amide bonds. The highest BCUT2D eigenvalue weighted by molar-refractivity contribution is 5.77. The van der Waals surface area contributed by atoms with Crippen LogP contribution in [0, 0.1) is 22.7 Å². The van der Waals surface area contributed by atoms with Crippen LogP contribution in [-0.4, -0.2) is 49.2 Å². The Morgan fingerprint density at radius 3 is 2.47 bits per heavy atom. The lowest BCUT2D eigenvalue weighted by molar-refractivity contribution is -0.127. The molecule has 0 aromatic rings. The van der Waals surface area contributed by atoms with E-state index in [-0.39, 0.29) is 28.8 Å². The molecule has 2 aliphatic carbocycles. The van der Waals surface area contributed by atoms with Gasteiger partial charge in [-0.3, -0.25) is 4.79 Å². The Bertz CT molecular complexity index is 367. The molecule has 110 valence electrons. The topological polar surface area (TPSA) is 52.6 Å². The van der Waals surface area contributed by atoms with Gasteiger partial charge in [-0.2, -0.15) is 0 Å². The smallest absolute Gasteiger partial charge is 0.236 e. The standard InChI is InChI=1S/C15H28N2O2/c1-14(2)11-6-7-15(14,3)13(19)10(11)8-16-9-12(18)17(4)5/h10-11,13,16,19H,6-9H2,1-5H3. The molecule has 0 saturated heterocycles. The van der Waals surface area contributed by atoms with E-state index >= 15 is 0 Å². The summed E-state index contributed by atoms with van der Waals surface area (Å²) in [7, 11) is 3.53. The Morgan fingerprint density at radius 2 is 2.00 bits per heavy atom. The lowest BCUT2D eigenvalue weighted by Crippen LogP contribution is -2.42. The fourth-order valence-electron chi connectivity index (χ4n) is 4.29. The number of aliphatic hydroxyl groups excluding tert-OH is 1. The van der Waals surface area contributed by atoms with Crippen LogP contribution < -0.4 is 5.32 Å². The molecule has 2 bridgehead atoms. The van der Waals surface area contributed by atoms with Crippen LogP contribution in [0.5, 0.6) is 0 Å². The van der Waals surface area contributed by atoms with Gasteiger partial charge in [-0.1, -0.05) is 20.8 Å². The van der Waals surface area contributed by atoms with Gasteiger partial charge in [0.1, 0.15) is 0 Å². The Labute approximate surface area is 116 Å². The van der Waals surface area contributed by atoms with Gasteiger partial charge in [0.05, 0.1) is 12.6 Å². The highest BCUT2D eigenvalue weighted by Crippen LogP contribution is 2.67. The van der Waals surface area contributed by atoms with Crippen molar-refractivity contribution in [1.82, 2.24) is 10.2 Å². The molecule has 4 unspecified atom stereocenters. The number of hydrogen-bond acceptors (Lipinski definition) is 3. The van der Waals surface area contributed by atoms with Crippen LogP contribution in [-0.2, 0) is 4.79 Å². The van der Waals surface area contributed by atoms with Gasteiger partial charge in [0.25, 0.3) is 0 Å². The second-order valence-corrected chi connectivity index (χ2v) is 7.31. The number of nitrogens with zero attached hydrogens (tertiary/aromatic N) is 1. The van der Waals surface area contributed by atoms with Gasteiger partial charge in [-0.15, -0.1) is 0 Å². The SMILES string of the molecule is CN(C)C(=O)CNCC1C2CCC(C)(C1O)C2(C)C. The Hall–Kier alpha value is -0.610. The molecule has 0 aromatic heterocycles. The number of nitrogens with one attached hydrogen (secondary N) is 1. The summed E-state index contributed by atoms with van der Waals surface area (Å²) in [4.78, 5) is 13.1. The van der Waals surface area contributed by atoms with Crippen molar-refractivity contribution >= 4 is 5.91 Å². The van der Waals surface area contributed by atoms with E-state index in [9.17, 15) is 9.90 Å². The first-order chi connectivity index (χ1) is 8.72. The quantitative estimate of drug-likeness (QED) is 0.803. The summed E-state index contributed by atoms with van der Waals surface area (Å²) < 4.78 is 0. The zero-order chi connectivity index (χ0) is 14.4. The number of amides is 1. The van der Waals surface area contributed by atoms with Crippen molar-refractivity contribution < 1.29 is 9.90 Å². The van der Waals surface area contributed by atoms with Crippen LogP contribution in [0.15, 0.2) is 0 Å². The monoisotopic (exact) mass is 268 g/mol. The third-order valence-electron chi connectivity index (χ3n) is 6.10. The predicted octanol–water partition coefficient (Wildman–Crippen LogP) is 1.10. The van der Waals surface area contributed by atoms with Crippen molar-refractivity contribution in [2.45, 2.75) is 39.7 Å². The van der Waals surface area contributed by atoms with Crippen molar-refractivity contribution in [2.75, 3.05) is 27.2 Å². The molecule has 4 heteroatoms. The maximum atomic E-state index is 11.5.